The number of rotatable bonds is 38. The Balaban J connectivity index is 2.38. The number of hydrogen-bond donors (Lipinski definition) is 0. The largest absolute Gasteiger partial charge is 0.463 e. The van der Waals surface area contributed by atoms with E-state index in [1.807, 2.05) is 26.8 Å². The van der Waals surface area contributed by atoms with Crippen molar-refractivity contribution >= 4 is 5.97 Å². The summed E-state index contributed by atoms with van der Waals surface area (Å²) in [6.45, 7) is 21.6. The summed E-state index contributed by atoms with van der Waals surface area (Å²) in [7, 11) is 8.53. The summed E-state index contributed by atoms with van der Waals surface area (Å²) in [5.41, 5.74) is -0.0301. The molecule has 11 heteroatoms. The maximum absolute atomic E-state index is 13.0. The van der Waals surface area contributed by atoms with Gasteiger partial charge in [0.05, 0.1) is 18.6 Å². The minimum absolute atomic E-state index is 0.00169. The van der Waals surface area contributed by atoms with Gasteiger partial charge in [0.1, 0.15) is 67.1 Å². The van der Waals surface area contributed by atoms with Gasteiger partial charge >= 0.3 is 5.97 Å². The van der Waals surface area contributed by atoms with Gasteiger partial charge in [0, 0.05) is 42.2 Å². The van der Waals surface area contributed by atoms with E-state index in [2.05, 4.69) is 47.3 Å². The van der Waals surface area contributed by atoms with Gasteiger partial charge in [-0.2, -0.15) is 0 Å². The molecule has 66 heavy (non-hydrogen) atoms. The summed E-state index contributed by atoms with van der Waals surface area (Å²) in [6.07, 6.45) is 23.1. The lowest BCUT2D eigenvalue weighted by atomic mass is 9.69. The standard InChI is InChI=1S/C55H102O11/c1-15-20-21-22-23-24-25-26-27-28-29-30-31-34-38-62-45-44(40-63-53(56)42(8)9)65-52(50(61-14)47(45)58-11)55(19-5,36-16-2)66-46-43(39-57-10)64-51(49(60-13)48(46)59-12)54(17-3,18-4)37-33-32-35-41(6)7/h16,36,42-52H,6,15,17-35,37-40H2,1-5,7-14H3/b36-16-. The van der Waals surface area contributed by atoms with Gasteiger partial charge in [-0.3, -0.25) is 4.79 Å². The molecule has 0 radical (unpaired) electrons. The third-order valence-corrected chi connectivity index (χ3v) is 14.7. The minimum Gasteiger partial charge on any atom is -0.463 e. The van der Waals surface area contributed by atoms with Crippen LogP contribution >= 0.6 is 0 Å². The van der Waals surface area contributed by atoms with Gasteiger partial charge in [-0.1, -0.05) is 149 Å². The van der Waals surface area contributed by atoms with Crippen molar-refractivity contribution in [1.82, 2.24) is 0 Å². The van der Waals surface area contributed by atoms with E-state index >= 15 is 0 Å². The molecule has 0 aliphatic carbocycles. The highest BCUT2D eigenvalue weighted by Crippen LogP contribution is 2.47. The smallest absolute Gasteiger partial charge is 0.308 e. The molecular formula is C55H102O11. The molecule has 2 rings (SSSR count). The molecule has 2 aliphatic heterocycles. The third kappa shape index (κ3) is 18.4. The molecule has 0 saturated carbocycles. The topological polar surface area (TPSA) is 109 Å². The Bertz CT molecular complexity index is 1290. The van der Waals surface area contributed by atoms with E-state index in [-0.39, 0.29) is 36.6 Å². The van der Waals surface area contributed by atoms with Crippen LogP contribution in [0.5, 0.6) is 0 Å². The number of hydrogen-bond acceptors (Lipinski definition) is 11. The van der Waals surface area contributed by atoms with Gasteiger partial charge < -0.3 is 47.4 Å². The van der Waals surface area contributed by atoms with Gasteiger partial charge in [0.2, 0.25) is 0 Å². The van der Waals surface area contributed by atoms with Gasteiger partial charge in [0.15, 0.2) is 0 Å². The predicted octanol–water partition coefficient (Wildman–Crippen LogP) is 12.3. The molecular weight excluding hydrogens is 837 g/mol. The van der Waals surface area contributed by atoms with E-state index in [0.717, 1.165) is 51.4 Å². The first-order chi connectivity index (χ1) is 31.9. The number of carbonyl (C=O) groups is 1. The zero-order valence-corrected chi connectivity index (χ0v) is 44.7. The van der Waals surface area contributed by atoms with Crippen LogP contribution in [0, 0.1) is 11.3 Å². The summed E-state index contributed by atoms with van der Waals surface area (Å²) < 4.78 is 66.0. The summed E-state index contributed by atoms with van der Waals surface area (Å²) in [4.78, 5) is 13.0. The van der Waals surface area contributed by atoms with E-state index in [4.69, 9.17) is 47.4 Å². The van der Waals surface area contributed by atoms with Crippen molar-refractivity contribution in [2.45, 2.75) is 257 Å². The van der Waals surface area contributed by atoms with Crippen LogP contribution in [0.2, 0.25) is 0 Å². The van der Waals surface area contributed by atoms with E-state index in [0.29, 0.717) is 13.0 Å². The molecule has 0 aromatic carbocycles. The highest BCUT2D eigenvalue weighted by atomic mass is 16.7. The first-order valence-electron chi connectivity index (χ1n) is 26.5. The third-order valence-electron chi connectivity index (χ3n) is 14.7. The van der Waals surface area contributed by atoms with Crippen molar-refractivity contribution in [3.05, 3.63) is 24.3 Å². The average molecular weight is 939 g/mol. The summed E-state index contributed by atoms with van der Waals surface area (Å²) in [6, 6.07) is 0. The molecule has 2 saturated heterocycles. The number of unbranched alkanes of at least 4 members (excludes halogenated alkanes) is 14. The average Bonchev–Trinajstić information content (AvgIpc) is 3.31. The Morgan fingerprint density at radius 3 is 1.59 bits per heavy atom. The predicted molar refractivity (Wildman–Crippen MR) is 267 cm³/mol. The van der Waals surface area contributed by atoms with E-state index in [1.54, 1.807) is 35.5 Å². The van der Waals surface area contributed by atoms with Crippen molar-refractivity contribution in [3.8, 4) is 0 Å². The Morgan fingerprint density at radius 1 is 0.621 bits per heavy atom. The second kappa shape index (κ2) is 34.0. The number of ether oxygens (including phenoxy) is 10. The molecule has 0 N–H and O–H groups in total. The fraction of sp³-hybridized carbons (Fsp3) is 0.909. The Labute approximate surface area is 404 Å². The van der Waals surface area contributed by atoms with Crippen molar-refractivity contribution in [1.29, 1.82) is 0 Å². The van der Waals surface area contributed by atoms with Crippen molar-refractivity contribution in [3.63, 3.8) is 0 Å². The molecule has 11 unspecified atom stereocenters. The summed E-state index contributed by atoms with van der Waals surface area (Å²) in [5.74, 6) is -0.598. The minimum atomic E-state index is -1.08. The number of carbonyl (C=O) groups excluding carboxylic acids is 1. The highest BCUT2D eigenvalue weighted by Gasteiger charge is 2.59. The molecule has 0 aromatic heterocycles. The van der Waals surface area contributed by atoms with Crippen LogP contribution in [-0.4, -0.2) is 128 Å². The molecule has 2 aliphatic rings. The number of esters is 1. The molecule has 11 nitrogen and oxygen atoms in total. The fourth-order valence-corrected chi connectivity index (χ4v) is 10.6. The van der Waals surface area contributed by atoms with Gasteiger partial charge in [-0.25, -0.2) is 0 Å². The molecule has 388 valence electrons. The van der Waals surface area contributed by atoms with Crippen LogP contribution in [0.4, 0.5) is 0 Å². The lowest BCUT2D eigenvalue weighted by Gasteiger charge is -2.55. The lowest BCUT2D eigenvalue weighted by Crippen LogP contribution is -2.70. The van der Waals surface area contributed by atoms with Crippen molar-refractivity contribution < 1.29 is 52.2 Å². The lowest BCUT2D eigenvalue weighted by molar-refractivity contribution is -0.325. The normalized spacial score (nSPS) is 27.1. The van der Waals surface area contributed by atoms with Crippen LogP contribution in [0.1, 0.15) is 190 Å². The maximum Gasteiger partial charge on any atom is 0.308 e. The van der Waals surface area contributed by atoms with Crippen molar-refractivity contribution in [2.24, 2.45) is 11.3 Å². The zero-order valence-electron chi connectivity index (χ0n) is 44.7. The Morgan fingerprint density at radius 2 is 1.12 bits per heavy atom. The first kappa shape index (κ1) is 60.7. The molecule has 0 spiro atoms. The van der Waals surface area contributed by atoms with Crippen LogP contribution in [0.25, 0.3) is 0 Å². The molecule has 0 aromatic rings. The molecule has 2 fully saturated rings. The van der Waals surface area contributed by atoms with E-state index < -0.39 is 60.5 Å². The number of allylic oxidation sites excluding steroid dienone is 2. The zero-order chi connectivity index (χ0) is 49.0. The van der Waals surface area contributed by atoms with Gasteiger partial charge in [-0.15, -0.1) is 6.58 Å². The highest BCUT2D eigenvalue weighted by molar-refractivity contribution is 5.71. The molecule has 2 heterocycles. The quantitative estimate of drug-likeness (QED) is 0.0335. The molecule has 0 bridgehead atoms. The monoisotopic (exact) mass is 939 g/mol. The van der Waals surface area contributed by atoms with Crippen molar-refractivity contribution in [2.75, 3.05) is 55.4 Å². The summed E-state index contributed by atoms with van der Waals surface area (Å²) in [5, 5.41) is 0. The van der Waals surface area contributed by atoms with E-state index in [1.165, 1.54) is 82.6 Å². The van der Waals surface area contributed by atoms with Gasteiger partial charge in [-0.05, 0) is 64.2 Å². The molecule has 0 amide bonds. The SMILES string of the molecule is C=C(C)CCCCC(CC)(CC)C1OC(COC)C(OC(/C=C\C)(CC)C2OC(COC(=O)C(C)C)C(OCCCCCCCCCCCCCCCC)C(OC)C2OC)C(OC)C1OC. The molecule has 11 atom stereocenters. The maximum atomic E-state index is 13.0. The summed E-state index contributed by atoms with van der Waals surface area (Å²) >= 11 is 0. The van der Waals surface area contributed by atoms with Gasteiger partial charge in [0.25, 0.3) is 0 Å². The second-order valence-corrected chi connectivity index (χ2v) is 19.8. The Kier molecular flexibility index (Phi) is 31.3. The Hall–Kier alpha value is -1.41. The van der Waals surface area contributed by atoms with Crippen LogP contribution in [-0.2, 0) is 52.2 Å². The van der Waals surface area contributed by atoms with Crippen LogP contribution < -0.4 is 0 Å². The van der Waals surface area contributed by atoms with Crippen LogP contribution in [0.15, 0.2) is 24.3 Å². The van der Waals surface area contributed by atoms with Crippen LogP contribution in [0.3, 0.4) is 0 Å². The first-order valence-corrected chi connectivity index (χ1v) is 26.5. The van der Waals surface area contributed by atoms with E-state index in [9.17, 15) is 4.79 Å². The number of methoxy groups -OCH3 is 5. The fourth-order valence-electron chi connectivity index (χ4n) is 10.6. The second-order valence-electron chi connectivity index (χ2n) is 19.8.